The molecule has 0 aliphatic heterocycles. The lowest BCUT2D eigenvalue weighted by Crippen LogP contribution is -2.24. The number of fused-ring (bicyclic) bond motifs is 1. The Morgan fingerprint density at radius 1 is 1.25 bits per heavy atom. The molecule has 1 aromatic heterocycles. The molecule has 0 aliphatic carbocycles. The Kier molecular flexibility index (Phi) is 2.69. The van der Waals surface area contributed by atoms with E-state index in [9.17, 15) is 0 Å². The van der Waals surface area contributed by atoms with Crippen LogP contribution in [0.25, 0.3) is 10.2 Å². The van der Waals surface area contributed by atoms with Crippen molar-refractivity contribution in [1.82, 2.24) is 4.98 Å². The number of para-hydroxylation sites is 1. The van der Waals surface area contributed by atoms with E-state index in [0.29, 0.717) is 5.01 Å². The zero-order valence-corrected chi connectivity index (χ0v) is 8.85. The molecule has 0 fully saturated rings. The van der Waals surface area contributed by atoms with E-state index in [1.165, 1.54) is 11.3 Å². The summed E-state index contributed by atoms with van der Waals surface area (Å²) in [7, 11) is 0. The van der Waals surface area contributed by atoms with Crippen molar-refractivity contribution >= 4 is 33.1 Å². The first-order valence-corrected chi connectivity index (χ1v) is 5.14. The fraction of sp³-hybridized carbons (Fsp3) is 0. The lowest BCUT2D eigenvalue weighted by Gasteiger charge is -1.95. The molecule has 4 N–H and O–H groups in total. The maximum absolute atomic E-state index is 8.79. The third kappa shape index (κ3) is 1.68. The first-order chi connectivity index (χ1) is 7.76. The van der Waals surface area contributed by atoms with Crippen LogP contribution in [0.1, 0.15) is 5.01 Å². The molecule has 0 aliphatic rings. The van der Waals surface area contributed by atoms with Crippen molar-refractivity contribution in [2.75, 3.05) is 0 Å². The van der Waals surface area contributed by atoms with Gasteiger partial charge in [0.2, 0.25) is 0 Å². The normalized spacial score (nSPS) is 13.2. The van der Waals surface area contributed by atoms with E-state index in [0.717, 1.165) is 10.2 Å². The van der Waals surface area contributed by atoms with E-state index in [1.54, 1.807) is 0 Å². The van der Waals surface area contributed by atoms with E-state index in [-0.39, 0.29) is 11.5 Å². The van der Waals surface area contributed by atoms with Gasteiger partial charge in [0.25, 0.3) is 0 Å². The van der Waals surface area contributed by atoms with Gasteiger partial charge in [-0.2, -0.15) is 0 Å². The van der Waals surface area contributed by atoms with Crippen LogP contribution in [0, 0.1) is 0 Å². The highest BCUT2D eigenvalue weighted by atomic mass is 32.1. The molecule has 2 rings (SSSR count). The van der Waals surface area contributed by atoms with Crippen LogP contribution in [0.5, 0.6) is 0 Å². The van der Waals surface area contributed by atoms with Crippen molar-refractivity contribution in [2.24, 2.45) is 16.0 Å². The van der Waals surface area contributed by atoms with Gasteiger partial charge < -0.3 is 16.1 Å². The third-order valence-electron chi connectivity index (χ3n) is 1.95. The van der Waals surface area contributed by atoms with Gasteiger partial charge in [-0.25, -0.2) is 4.98 Å². The van der Waals surface area contributed by atoms with Crippen LogP contribution in [-0.4, -0.2) is 26.9 Å². The average molecular weight is 236 g/mol. The first kappa shape index (κ1) is 10.4. The summed E-state index contributed by atoms with van der Waals surface area (Å²) in [5.41, 5.74) is 6.09. The third-order valence-corrected chi connectivity index (χ3v) is 2.99. The summed E-state index contributed by atoms with van der Waals surface area (Å²) in [6.45, 7) is 0. The second kappa shape index (κ2) is 4.15. The molecule has 7 heteroatoms. The number of oxime groups is 2. The Morgan fingerprint density at radius 2 is 2.00 bits per heavy atom. The molecule has 0 amide bonds. The monoisotopic (exact) mass is 236 g/mol. The molecule has 0 radical (unpaired) electrons. The largest absolute Gasteiger partial charge is 0.410 e. The fourth-order valence-corrected chi connectivity index (χ4v) is 2.18. The van der Waals surface area contributed by atoms with Crippen molar-refractivity contribution in [3.63, 3.8) is 0 Å². The van der Waals surface area contributed by atoms with E-state index < -0.39 is 0 Å². The number of nitrogens with two attached hydrogens (primary N) is 1. The maximum atomic E-state index is 8.79. The minimum atomic E-state index is -0.276. The average Bonchev–Trinajstić information content (AvgIpc) is 2.72. The van der Waals surface area contributed by atoms with Gasteiger partial charge in [-0.1, -0.05) is 22.4 Å². The number of rotatable bonds is 2. The lowest BCUT2D eigenvalue weighted by molar-refractivity contribution is 0.314. The van der Waals surface area contributed by atoms with E-state index in [1.807, 2.05) is 24.3 Å². The molecular formula is C9H8N4O2S. The molecule has 6 nitrogen and oxygen atoms in total. The number of benzene rings is 1. The van der Waals surface area contributed by atoms with Crippen molar-refractivity contribution in [3.8, 4) is 0 Å². The van der Waals surface area contributed by atoms with E-state index in [4.69, 9.17) is 16.1 Å². The summed E-state index contributed by atoms with van der Waals surface area (Å²) >= 11 is 1.30. The highest BCUT2D eigenvalue weighted by Gasteiger charge is 2.15. The molecule has 82 valence electrons. The van der Waals surface area contributed by atoms with Crippen molar-refractivity contribution in [2.45, 2.75) is 0 Å². The molecule has 0 saturated heterocycles. The molecule has 2 aromatic rings. The van der Waals surface area contributed by atoms with Gasteiger partial charge in [-0.3, -0.25) is 0 Å². The van der Waals surface area contributed by atoms with Crippen LogP contribution in [0.2, 0.25) is 0 Å². The summed E-state index contributed by atoms with van der Waals surface area (Å²) in [6.07, 6.45) is 0. The van der Waals surface area contributed by atoms with Gasteiger partial charge in [0.15, 0.2) is 16.6 Å². The molecule has 0 saturated carbocycles. The summed E-state index contributed by atoms with van der Waals surface area (Å²) in [5, 5.41) is 23.5. The molecule has 0 spiro atoms. The number of aromatic nitrogens is 1. The minimum Gasteiger partial charge on any atom is -0.410 e. The second-order valence-electron chi connectivity index (χ2n) is 2.92. The Labute approximate surface area is 94.3 Å². The van der Waals surface area contributed by atoms with Crippen LogP contribution in [0.3, 0.4) is 0 Å². The molecule has 1 heterocycles. The van der Waals surface area contributed by atoms with Crippen molar-refractivity contribution in [1.29, 1.82) is 0 Å². The lowest BCUT2D eigenvalue weighted by atomic mass is 10.3. The smallest absolute Gasteiger partial charge is 0.195 e. The molecular weight excluding hydrogens is 228 g/mol. The highest BCUT2D eigenvalue weighted by molar-refractivity contribution is 7.21. The predicted octanol–water partition coefficient (Wildman–Crippen LogP) is 1.22. The quantitative estimate of drug-likeness (QED) is 0.315. The fourth-order valence-electron chi connectivity index (χ4n) is 1.22. The van der Waals surface area contributed by atoms with Crippen LogP contribution >= 0.6 is 11.3 Å². The first-order valence-electron chi connectivity index (χ1n) is 4.32. The number of hydrogen-bond donors (Lipinski definition) is 3. The van der Waals surface area contributed by atoms with Gasteiger partial charge in [-0.15, -0.1) is 11.3 Å². The van der Waals surface area contributed by atoms with Crippen LogP contribution < -0.4 is 5.73 Å². The highest BCUT2D eigenvalue weighted by Crippen LogP contribution is 2.22. The summed E-state index contributed by atoms with van der Waals surface area (Å²) < 4.78 is 0.935. The van der Waals surface area contributed by atoms with Gasteiger partial charge in [-0.05, 0) is 12.1 Å². The van der Waals surface area contributed by atoms with Crippen molar-refractivity contribution in [3.05, 3.63) is 29.3 Å². The zero-order valence-electron chi connectivity index (χ0n) is 8.03. The number of nitrogens with zero attached hydrogens (tertiary/aromatic N) is 3. The van der Waals surface area contributed by atoms with E-state index in [2.05, 4.69) is 15.3 Å². The molecule has 0 bridgehead atoms. The minimum absolute atomic E-state index is 0.0382. The Balaban J connectivity index is 2.55. The SMILES string of the molecule is NC(=N\O)/C(=N\O)c1nc2ccccc2s1. The summed E-state index contributed by atoms with van der Waals surface area (Å²) in [6, 6.07) is 7.45. The van der Waals surface area contributed by atoms with Crippen LogP contribution in [0.4, 0.5) is 0 Å². The van der Waals surface area contributed by atoms with Gasteiger partial charge in [0, 0.05) is 0 Å². The van der Waals surface area contributed by atoms with E-state index >= 15 is 0 Å². The second-order valence-corrected chi connectivity index (χ2v) is 3.95. The number of thiazole rings is 1. The Morgan fingerprint density at radius 3 is 2.62 bits per heavy atom. The topological polar surface area (TPSA) is 104 Å². The molecule has 0 unspecified atom stereocenters. The summed E-state index contributed by atoms with van der Waals surface area (Å²) in [4.78, 5) is 4.21. The summed E-state index contributed by atoms with van der Waals surface area (Å²) in [5.74, 6) is -0.276. The number of hydrogen-bond acceptors (Lipinski definition) is 6. The standard InChI is InChI=1S/C9H8N4O2S/c10-8(13-15)7(12-14)9-11-5-3-1-2-4-6(5)16-9/h1-4,14-15H,(H2,10,13)/b12-7+. The van der Waals surface area contributed by atoms with Crippen LogP contribution in [-0.2, 0) is 0 Å². The predicted molar refractivity (Wildman–Crippen MR) is 61.4 cm³/mol. The van der Waals surface area contributed by atoms with Gasteiger partial charge in [0.05, 0.1) is 10.2 Å². The van der Waals surface area contributed by atoms with Crippen molar-refractivity contribution < 1.29 is 10.4 Å². The molecule has 0 atom stereocenters. The van der Waals surface area contributed by atoms with Crippen LogP contribution in [0.15, 0.2) is 34.6 Å². The molecule has 16 heavy (non-hydrogen) atoms. The number of amidine groups is 1. The zero-order chi connectivity index (χ0) is 11.5. The molecule has 1 aromatic carbocycles. The Bertz CT molecular complexity index is 543. The van der Waals surface area contributed by atoms with Gasteiger partial charge in [0.1, 0.15) is 0 Å². The maximum Gasteiger partial charge on any atom is 0.195 e. The van der Waals surface area contributed by atoms with Gasteiger partial charge >= 0.3 is 0 Å². The Hall–Kier alpha value is -2.15.